The SMILES string of the molecule is O=C(CCNC(=O)OCC(F)(F)F)N[C@H](Cn1cncn1)c1ccccc1. The third-order valence-electron chi connectivity index (χ3n) is 3.36. The molecule has 0 spiro atoms. The minimum Gasteiger partial charge on any atom is -0.440 e. The third kappa shape index (κ3) is 7.75. The zero-order valence-corrected chi connectivity index (χ0v) is 14.1. The van der Waals surface area contributed by atoms with Crippen molar-refractivity contribution in [2.24, 2.45) is 0 Å². The van der Waals surface area contributed by atoms with Crippen molar-refractivity contribution < 1.29 is 27.5 Å². The van der Waals surface area contributed by atoms with Crippen LogP contribution in [0.15, 0.2) is 43.0 Å². The average molecular weight is 385 g/mol. The van der Waals surface area contributed by atoms with E-state index in [1.807, 2.05) is 30.3 Å². The molecule has 1 atom stereocenters. The number of halogens is 3. The van der Waals surface area contributed by atoms with E-state index in [0.717, 1.165) is 5.56 Å². The van der Waals surface area contributed by atoms with Gasteiger partial charge in [0.05, 0.1) is 12.6 Å². The summed E-state index contributed by atoms with van der Waals surface area (Å²) in [5.74, 6) is -0.389. The minimum absolute atomic E-state index is 0.123. The Bertz CT molecular complexity index is 723. The second-order valence-corrected chi connectivity index (χ2v) is 5.52. The molecule has 11 heteroatoms. The van der Waals surface area contributed by atoms with Crippen molar-refractivity contribution in [1.82, 2.24) is 25.4 Å². The number of carbonyl (C=O) groups is 2. The molecule has 0 fully saturated rings. The van der Waals surface area contributed by atoms with Gasteiger partial charge in [0.2, 0.25) is 5.91 Å². The van der Waals surface area contributed by atoms with Gasteiger partial charge < -0.3 is 15.4 Å². The van der Waals surface area contributed by atoms with Crippen molar-refractivity contribution >= 4 is 12.0 Å². The van der Waals surface area contributed by atoms with Gasteiger partial charge in [-0.25, -0.2) is 9.78 Å². The molecule has 2 N–H and O–H groups in total. The lowest BCUT2D eigenvalue weighted by molar-refractivity contribution is -0.160. The van der Waals surface area contributed by atoms with Crippen molar-refractivity contribution in [2.45, 2.75) is 25.2 Å². The quantitative estimate of drug-likeness (QED) is 0.722. The van der Waals surface area contributed by atoms with Gasteiger partial charge in [-0.2, -0.15) is 18.3 Å². The number of nitrogens with one attached hydrogen (secondary N) is 2. The number of nitrogens with zero attached hydrogens (tertiary/aromatic N) is 3. The predicted octanol–water partition coefficient (Wildman–Crippen LogP) is 1.81. The Hall–Kier alpha value is -3.11. The number of ether oxygens (including phenoxy) is 1. The van der Waals surface area contributed by atoms with E-state index >= 15 is 0 Å². The number of rotatable bonds is 8. The molecule has 27 heavy (non-hydrogen) atoms. The van der Waals surface area contributed by atoms with Crippen LogP contribution >= 0.6 is 0 Å². The standard InChI is InChI=1S/C16H18F3N5O3/c17-16(18,19)9-27-15(26)21-7-6-14(25)23-13(8-24-11-20-10-22-24)12-4-2-1-3-5-12/h1-5,10-11,13H,6-9H2,(H,21,26)(H,23,25)/t13-/m1/s1. The molecule has 0 unspecified atom stereocenters. The zero-order valence-electron chi connectivity index (χ0n) is 14.1. The van der Waals surface area contributed by atoms with Crippen LogP contribution in [0.3, 0.4) is 0 Å². The smallest absolute Gasteiger partial charge is 0.422 e. The highest BCUT2D eigenvalue weighted by atomic mass is 19.4. The van der Waals surface area contributed by atoms with E-state index in [9.17, 15) is 22.8 Å². The van der Waals surface area contributed by atoms with E-state index in [2.05, 4.69) is 25.5 Å². The summed E-state index contributed by atoms with van der Waals surface area (Å²) in [7, 11) is 0. The average Bonchev–Trinajstić information content (AvgIpc) is 3.13. The molecule has 0 radical (unpaired) electrons. The molecule has 1 aromatic heterocycles. The second kappa shape index (κ2) is 9.55. The molecule has 2 amide bonds. The van der Waals surface area contributed by atoms with Crippen LogP contribution in [0.1, 0.15) is 18.0 Å². The molecule has 8 nitrogen and oxygen atoms in total. The molecule has 0 aliphatic rings. The van der Waals surface area contributed by atoms with Gasteiger partial charge in [0.15, 0.2) is 6.61 Å². The van der Waals surface area contributed by atoms with E-state index in [-0.39, 0.29) is 18.9 Å². The summed E-state index contributed by atoms with van der Waals surface area (Å²) in [4.78, 5) is 27.1. The lowest BCUT2D eigenvalue weighted by Crippen LogP contribution is -2.35. The summed E-state index contributed by atoms with van der Waals surface area (Å²) in [6.07, 6.45) is -3.07. The van der Waals surface area contributed by atoms with Crippen LogP contribution < -0.4 is 10.6 Å². The molecule has 2 rings (SSSR count). The number of hydrogen-bond donors (Lipinski definition) is 2. The van der Waals surface area contributed by atoms with Gasteiger partial charge in [0, 0.05) is 13.0 Å². The fourth-order valence-corrected chi connectivity index (χ4v) is 2.18. The molecular weight excluding hydrogens is 367 g/mol. The molecule has 0 aliphatic carbocycles. The Morgan fingerprint density at radius 3 is 2.59 bits per heavy atom. The van der Waals surface area contributed by atoms with Crippen LogP contribution in [-0.2, 0) is 16.1 Å². The molecule has 0 bridgehead atoms. The highest BCUT2D eigenvalue weighted by molar-refractivity contribution is 5.77. The second-order valence-electron chi connectivity index (χ2n) is 5.52. The summed E-state index contributed by atoms with van der Waals surface area (Å²) in [6, 6.07) is 8.79. The molecule has 0 aliphatic heterocycles. The number of aromatic nitrogens is 3. The van der Waals surface area contributed by atoms with Gasteiger partial charge in [-0.15, -0.1) is 0 Å². The Morgan fingerprint density at radius 2 is 1.96 bits per heavy atom. The van der Waals surface area contributed by atoms with Crippen LogP contribution in [0.2, 0.25) is 0 Å². The van der Waals surface area contributed by atoms with E-state index in [0.29, 0.717) is 6.54 Å². The minimum atomic E-state index is -4.60. The predicted molar refractivity (Wildman–Crippen MR) is 87.4 cm³/mol. The van der Waals surface area contributed by atoms with E-state index in [4.69, 9.17) is 0 Å². The molecule has 0 saturated carbocycles. The van der Waals surface area contributed by atoms with E-state index in [1.54, 1.807) is 4.68 Å². The first kappa shape index (κ1) is 20.2. The number of benzene rings is 1. The lowest BCUT2D eigenvalue weighted by atomic mass is 10.1. The molecule has 1 aromatic carbocycles. The van der Waals surface area contributed by atoms with Crippen LogP contribution in [0, 0.1) is 0 Å². The Labute approximate surface area is 152 Å². The maximum absolute atomic E-state index is 12.1. The molecular formula is C16H18F3N5O3. The monoisotopic (exact) mass is 385 g/mol. The van der Waals surface area contributed by atoms with Gasteiger partial charge in [-0.1, -0.05) is 30.3 Å². The van der Waals surface area contributed by atoms with Crippen LogP contribution in [0.25, 0.3) is 0 Å². The molecule has 0 saturated heterocycles. The summed E-state index contributed by atoms with van der Waals surface area (Å²) in [5, 5.41) is 8.90. The summed E-state index contributed by atoms with van der Waals surface area (Å²) >= 11 is 0. The number of alkyl halides is 3. The topological polar surface area (TPSA) is 98.1 Å². The van der Waals surface area contributed by atoms with Gasteiger partial charge in [-0.3, -0.25) is 9.48 Å². The number of amides is 2. The van der Waals surface area contributed by atoms with Crippen molar-refractivity contribution in [3.8, 4) is 0 Å². The van der Waals surface area contributed by atoms with Crippen LogP contribution in [0.5, 0.6) is 0 Å². The number of alkyl carbamates (subject to hydrolysis) is 1. The first-order valence-electron chi connectivity index (χ1n) is 7.97. The van der Waals surface area contributed by atoms with Crippen molar-refractivity contribution in [3.05, 3.63) is 48.5 Å². The van der Waals surface area contributed by atoms with Gasteiger partial charge in [0.25, 0.3) is 0 Å². The summed E-state index contributed by atoms with van der Waals surface area (Å²) in [6.45, 7) is -1.50. The fraction of sp³-hybridized carbons (Fsp3) is 0.375. The van der Waals surface area contributed by atoms with Gasteiger partial charge in [-0.05, 0) is 5.56 Å². The highest BCUT2D eigenvalue weighted by Gasteiger charge is 2.29. The van der Waals surface area contributed by atoms with Gasteiger partial charge >= 0.3 is 12.3 Å². The first-order chi connectivity index (χ1) is 12.8. The van der Waals surface area contributed by atoms with Crippen LogP contribution in [0.4, 0.5) is 18.0 Å². The first-order valence-corrected chi connectivity index (χ1v) is 7.97. The Morgan fingerprint density at radius 1 is 1.22 bits per heavy atom. The van der Waals surface area contributed by atoms with Crippen molar-refractivity contribution in [3.63, 3.8) is 0 Å². The Kier molecular flexibility index (Phi) is 7.15. The van der Waals surface area contributed by atoms with Crippen molar-refractivity contribution in [1.29, 1.82) is 0 Å². The van der Waals surface area contributed by atoms with E-state index in [1.165, 1.54) is 12.7 Å². The largest absolute Gasteiger partial charge is 0.440 e. The van der Waals surface area contributed by atoms with Crippen LogP contribution in [-0.4, -0.2) is 46.1 Å². The summed E-state index contributed by atoms with van der Waals surface area (Å²) in [5.41, 5.74) is 0.846. The fourth-order valence-electron chi connectivity index (χ4n) is 2.18. The highest BCUT2D eigenvalue weighted by Crippen LogP contribution is 2.15. The van der Waals surface area contributed by atoms with Gasteiger partial charge in [0.1, 0.15) is 12.7 Å². The maximum Gasteiger partial charge on any atom is 0.422 e. The zero-order chi connectivity index (χ0) is 19.7. The molecule has 2 aromatic rings. The Balaban J connectivity index is 1.82. The lowest BCUT2D eigenvalue weighted by Gasteiger charge is -2.19. The maximum atomic E-state index is 12.1. The molecule has 146 valence electrons. The summed E-state index contributed by atoms with van der Waals surface area (Å²) < 4.78 is 41.4. The normalized spacial score (nSPS) is 12.3. The third-order valence-corrected chi connectivity index (χ3v) is 3.36. The molecule has 1 heterocycles. The van der Waals surface area contributed by atoms with Crippen molar-refractivity contribution in [2.75, 3.05) is 13.2 Å². The van der Waals surface area contributed by atoms with E-state index < -0.39 is 24.9 Å². The number of carbonyl (C=O) groups excluding carboxylic acids is 2. The number of hydrogen-bond acceptors (Lipinski definition) is 5.